The lowest BCUT2D eigenvalue weighted by molar-refractivity contribution is -0.160. The standard InChI is InChI=1S/C18H14BrClF3N3O3/c1-2-7-25-16(27)17(28)29-9-26-14(10-3-5-11(20)6-4-10)12(8-24)13(19)15(26)18(21,22)23/h3-6H,2,7,9H2,1H3,(H,25,27). The molecule has 1 amide bonds. The normalized spacial score (nSPS) is 11.1. The molecule has 0 spiro atoms. The maximum absolute atomic E-state index is 13.7. The first-order valence-electron chi connectivity index (χ1n) is 8.22. The minimum atomic E-state index is -4.87. The van der Waals surface area contributed by atoms with Crippen molar-refractivity contribution in [2.75, 3.05) is 6.54 Å². The van der Waals surface area contributed by atoms with E-state index < -0.39 is 35.0 Å². The zero-order chi connectivity index (χ0) is 21.8. The number of esters is 1. The van der Waals surface area contributed by atoms with Crippen molar-refractivity contribution in [3.05, 3.63) is 45.0 Å². The van der Waals surface area contributed by atoms with E-state index >= 15 is 0 Å². The third-order valence-corrected chi connectivity index (χ3v) is 4.77. The molecule has 11 heteroatoms. The van der Waals surface area contributed by atoms with E-state index in [4.69, 9.17) is 16.3 Å². The number of hydrogen-bond donors (Lipinski definition) is 1. The summed E-state index contributed by atoms with van der Waals surface area (Å²) in [6, 6.07) is 7.47. The number of carbonyl (C=O) groups excluding carboxylic acids is 2. The molecule has 6 nitrogen and oxygen atoms in total. The Morgan fingerprint density at radius 2 is 1.93 bits per heavy atom. The summed E-state index contributed by atoms with van der Waals surface area (Å²) in [7, 11) is 0. The Balaban J connectivity index is 2.53. The molecule has 0 aliphatic rings. The second-order valence-corrected chi connectivity index (χ2v) is 6.98. The van der Waals surface area contributed by atoms with Crippen LogP contribution in [0.3, 0.4) is 0 Å². The van der Waals surface area contributed by atoms with Crippen molar-refractivity contribution < 1.29 is 27.5 Å². The van der Waals surface area contributed by atoms with Gasteiger partial charge >= 0.3 is 18.1 Å². The number of nitrogens with one attached hydrogen (secondary N) is 1. The molecule has 1 heterocycles. The first kappa shape index (κ1) is 22.8. The van der Waals surface area contributed by atoms with Gasteiger partial charge in [0.05, 0.1) is 15.7 Å². The third kappa shape index (κ3) is 5.10. The number of carbonyl (C=O) groups is 2. The molecule has 0 unspecified atom stereocenters. The average molecular weight is 493 g/mol. The van der Waals surface area contributed by atoms with Crippen molar-refractivity contribution in [1.82, 2.24) is 9.88 Å². The van der Waals surface area contributed by atoms with Gasteiger partial charge in [0.15, 0.2) is 6.73 Å². The number of alkyl halides is 3. The van der Waals surface area contributed by atoms with Gasteiger partial charge in [-0.25, -0.2) is 4.79 Å². The molecule has 154 valence electrons. The molecule has 1 aromatic carbocycles. The number of halogens is 5. The van der Waals surface area contributed by atoms with Gasteiger partial charge in [-0.1, -0.05) is 30.7 Å². The second-order valence-electron chi connectivity index (χ2n) is 5.75. The van der Waals surface area contributed by atoms with Gasteiger partial charge < -0.3 is 14.6 Å². The summed E-state index contributed by atoms with van der Waals surface area (Å²) in [6.45, 7) is 1.05. The van der Waals surface area contributed by atoms with Crippen LogP contribution in [-0.4, -0.2) is 23.0 Å². The van der Waals surface area contributed by atoms with Crippen LogP contribution in [0.1, 0.15) is 24.6 Å². The number of nitrogens with zero attached hydrogens (tertiary/aromatic N) is 2. The van der Waals surface area contributed by atoms with Gasteiger partial charge in [-0.2, -0.15) is 18.4 Å². The van der Waals surface area contributed by atoms with Crippen LogP contribution in [0.15, 0.2) is 28.7 Å². The summed E-state index contributed by atoms with van der Waals surface area (Å²) in [5, 5.41) is 12.0. The zero-order valence-corrected chi connectivity index (χ0v) is 17.3. The van der Waals surface area contributed by atoms with E-state index in [1.54, 1.807) is 13.0 Å². The van der Waals surface area contributed by atoms with Gasteiger partial charge in [0, 0.05) is 11.6 Å². The predicted molar refractivity (Wildman–Crippen MR) is 102 cm³/mol. The summed E-state index contributed by atoms with van der Waals surface area (Å²) in [4.78, 5) is 23.4. The summed E-state index contributed by atoms with van der Waals surface area (Å²) in [5.74, 6) is -2.41. The highest BCUT2D eigenvalue weighted by molar-refractivity contribution is 9.10. The quantitative estimate of drug-likeness (QED) is 0.492. The highest BCUT2D eigenvalue weighted by Crippen LogP contribution is 2.43. The molecule has 1 N–H and O–H groups in total. The van der Waals surface area contributed by atoms with Crippen LogP contribution in [0.2, 0.25) is 5.02 Å². The van der Waals surface area contributed by atoms with E-state index in [0.717, 1.165) is 0 Å². The largest absolute Gasteiger partial charge is 0.437 e. The van der Waals surface area contributed by atoms with Crippen LogP contribution in [0, 0.1) is 11.3 Å². The SMILES string of the molecule is CCCNC(=O)C(=O)OCn1c(-c2ccc(Cl)cc2)c(C#N)c(Br)c1C(F)(F)F. The number of hydrogen-bond acceptors (Lipinski definition) is 4. The Labute approximate surface area is 177 Å². The van der Waals surface area contributed by atoms with E-state index in [2.05, 4.69) is 21.2 Å². The zero-order valence-electron chi connectivity index (χ0n) is 14.9. The van der Waals surface area contributed by atoms with Crippen molar-refractivity contribution in [3.63, 3.8) is 0 Å². The Kier molecular flexibility index (Phi) is 7.32. The summed E-state index contributed by atoms with van der Waals surface area (Å²) < 4.78 is 45.9. The smallest absolute Gasteiger partial charge is 0.432 e. The van der Waals surface area contributed by atoms with Gasteiger partial charge in [0.2, 0.25) is 0 Å². The molecule has 2 rings (SSSR count). The van der Waals surface area contributed by atoms with Crippen molar-refractivity contribution in [2.45, 2.75) is 26.3 Å². The van der Waals surface area contributed by atoms with Crippen molar-refractivity contribution in [2.24, 2.45) is 0 Å². The fourth-order valence-corrected chi connectivity index (χ4v) is 3.34. The Morgan fingerprint density at radius 1 is 1.31 bits per heavy atom. The van der Waals surface area contributed by atoms with E-state index in [9.17, 15) is 28.0 Å². The molecule has 0 atom stereocenters. The predicted octanol–water partition coefficient (Wildman–Crippen LogP) is 4.49. The van der Waals surface area contributed by atoms with Crippen LogP contribution in [-0.2, 0) is 27.2 Å². The molecule has 29 heavy (non-hydrogen) atoms. The molecular formula is C18H14BrClF3N3O3. The molecule has 0 fully saturated rings. The van der Waals surface area contributed by atoms with Crippen molar-refractivity contribution in [3.8, 4) is 17.3 Å². The highest BCUT2D eigenvalue weighted by Gasteiger charge is 2.41. The van der Waals surface area contributed by atoms with Gasteiger partial charge in [-0.15, -0.1) is 0 Å². The minimum Gasteiger partial charge on any atom is -0.437 e. The van der Waals surface area contributed by atoms with Crippen LogP contribution in [0.4, 0.5) is 13.2 Å². The molecule has 0 saturated heterocycles. The van der Waals surface area contributed by atoms with E-state index in [-0.39, 0.29) is 23.4 Å². The average Bonchev–Trinajstić information content (AvgIpc) is 2.96. The van der Waals surface area contributed by atoms with Crippen molar-refractivity contribution >= 4 is 39.4 Å². The van der Waals surface area contributed by atoms with Gasteiger partial charge in [-0.05, 0) is 40.0 Å². The Morgan fingerprint density at radius 3 is 2.45 bits per heavy atom. The minimum absolute atomic E-state index is 0.134. The molecule has 1 aromatic heterocycles. The molecule has 0 aliphatic carbocycles. The van der Waals surface area contributed by atoms with E-state index in [0.29, 0.717) is 16.0 Å². The first-order chi connectivity index (χ1) is 13.6. The lowest BCUT2D eigenvalue weighted by atomic mass is 10.1. The van der Waals surface area contributed by atoms with E-state index in [1.165, 1.54) is 24.3 Å². The van der Waals surface area contributed by atoms with Crippen LogP contribution in [0.5, 0.6) is 0 Å². The van der Waals surface area contributed by atoms with Gasteiger partial charge in [0.1, 0.15) is 11.8 Å². The second kappa shape index (κ2) is 9.33. The molecule has 0 aliphatic heterocycles. The summed E-state index contributed by atoms with van der Waals surface area (Å²) in [5.41, 5.74) is -1.41. The summed E-state index contributed by atoms with van der Waals surface area (Å²) in [6.07, 6.45) is -4.31. The maximum Gasteiger partial charge on any atom is 0.432 e. The van der Waals surface area contributed by atoms with E-state index in [1.807, 2.05) is 0 Å². The number of rotatable bonds is 5. The van der Waals surface area contributed by atoms with Crippen LogP contribution >= 0.6 is 27.5 Å². The topological polar surface area (TPSA) is 84.1 Å². The fraction of sp³-hybridized carbons (Fsp3) is 0.278. The number of nitriles is 1. The highest BCUT2D eigenvalue weighted by atomic mass is 79.9. The number of aromatic nitrogens is 1. The van der Waals surface area contributed by atoms with Crippen LogP contribution < -0.4 is 5.32 Å². The third-order valence-electron chi connectivity index (χ3n) is 3.75. The molecule has 0 bridgehead atoms. The van der Waals surface area contributed by atoms with Gasteiger partial charge in [0.25, 0.3) is 0 Å². The lowest BCUT2D eigenvalue weighted by Crippen LogP contribution is -2.33. The lowest BCUT2D eigenvalue weighted by Gasteiger charge is -2.16. The molecular weight excluding hydrogens is 479 g/mol. The monoisotopic (exact) mass is 491 g/mol. The van der Waals surface area contributed by atoms with Gasteiger partial charge in [-0.3, -0.25) is 4.79 Å². The molecule has 0 saturated carbocycles. The summed E-state index contributed by atoms with van der Waals surface area (Å²) >= 11 is 8.65. The number of amides is 1. The maximum atomic E-state index is 13.7. The molecule has 2 aromatic rings. The molecule has 0 radical (unpaired) electrons. The Bertz CT molecular complexity index is 966. The number of ether oxygens (including phenoxy) is 1. The number of benzene rings is 1. The fourth-order valence-electron chi connectivity index (χ4n) is 2.50. The Hall–Kier alpha value is -2.51. The first-order valence-corrected chi connectivity index (χ1v) is 9.39. The van der Waals surface area contributed by atoms with Crippen LogP contribution in [0.25, 0.3) is 11.3 Å². The van der Waals surface area contributed by atoms with Crippen molar-refractivity contribution in [1.29, 1.82) is 5.26 Å².